The molecule has 1 heterocycles. The van der Waals surface area contributed by atoms with Gasteiger partial charge >= 0.3 is 12.4 Å². The van der Waals surface area contributed by atoms with Gasteiger partial charge in [-0.1, -0.05) is 0 Å². The van der Waals surface area contributed by atoms with Gasteiger partial charge in [0.25, 0.3) is 0 Å². The highest BCUT2D eigenvalue weighted by Crippen LogP contribution is 2.29. The molecule has 0 radical (unpaired) electrons. The second-order valence-electron chi connectivity index (χ2n) is 9.26. The van der Waals surface area contributed by atoms with Gasteiger partial charge in [0.05, 0.1) is 5.69 Å². The van der Waals surface area contributed by atoms with Crippen molar-refractivity contribution in [2.45, 2.75) is 69.8 Å². The van der Waals surface area contributed by atoms with Crippen LogP contribution in [0.3, 0.4) is 0 Å². The van der Waals surface area contributed by atoms with Crippen LogP contribution in [0, 0.1) is 0 Å². The number of anilines is 3. The summed E-state index contributed by atoms with van der Waals surface area (Å²) in [5, 5.41) is 9.08. The maximum Gasteiger partial charge on any atom is 0.573 e. The predicted octanol–water partition coefficient (Wildman–Crippen LogP) is 4.86. The van der Waals surface area contributed by atoms with Crippen molar-refractivity contribution >= 4 is 23.5 Å². The van der Waals surface area contributed by atoms with Crippen molar-refractivity contribution < 1.29 is 22.7 Å². The van der Waals surface area contributed by atoms with E-state index in [4.69, 9.17) is 9.97 Å². The SMILES string of the molecule is CN(C)c1nc(N[C@H]2CC[C@@H](NC(=O)Nc3ccc(OC(F)(F)F)cc3)CC2)nc2c1CCCC2. The van der Waals surface area contributed by atoms with Crippen molar-refractivity contribution in [2.75, 3.05) is 29.6 Å². The molecule has 1 aromatic heterocycles. The zero-order valence-corrected chi connectivity index (χ0v) is 19.9. The lowest BCUT2D eigenvalue weighted by Crippen LogP contribution is -2.42. The maximum atomic E-state index is 12.3. The van der Waals surface area contributed by atoms with E-state index in [9.17, 15) is 18.0 Å². The van der Waals surface area contributed by atoms with Crippen LogP contribution in [0.15, 0.2) is 24.3 Å². The van der Waals surface area contributed by atoms with Crippen molar-refractivity contribution in [3.63, 3.8) is 0 Å². The zero-order valence-electron chi connectivity index (χ0n) is 19.9. The molecule has 0 spiro atoms. The van der Waals surface area contributed by atoms with Gasteiger partial charge < -0.3 is 25.6 Å². The lowest BCUT2D eigenvalue weighted by Gasteiger charge is -2.30. The number of ether oxygens (including phenoxy) is 1. The second kappa shape index (κ2) is 10.6. The number of urea groups is 1. The molecule has 0 unspecified atom stereocenters. The van der Waals surface area contributed by atoms with Gasteiger partial charge in [0.1, 0.15) is 11.6 Å². The Morgan fingerprint density at radius 3 is 2.31 bits per heavy atom. The monoisotopic (exact) mass is 492 g/mol. The second-order valence-corrected chi connectivity index (χ2v) is 9.26. The number of aromatic nitrogens is 2. The Hall–Kier alpha value is -3.24. The van der Waals surface area contributed by atoms with Crippen molar-refractivity contribution in [1.82, 2.24) is 15.3 Å². The number of fused-ring (bicyclic) bond motifs is 1. The Labute approximate surface area is 202 Å². The summed E-state index contributed by atoms with van der Waals surface area (Å²) in [4.78, 5) is 23.9. The summed E-state index contributed by atoms with van der Waals surface area (Å²) in [5.41, 5.74) is 2.78. The Balaban J connectivity index is 1.25. The Bertz CT molecular complexity index is 1020. The fraction of sp³-hybridized carbons (Fsp3) is 0.542. The van der Waals surface area contributed by atoms with Crippen molar-refractivity contribution in [3.05, 3.63) is 35.5 Å². The number of hydrogen-bond donors (Lipinski definition) is 3. The van der Waals surface area contributed by atoms with Crippen molar-refractivity contribution in [1.29, 1.82) is 0 Å². The van der Waals surface area contributed by atoms with Gasteiger partial charge in [-0.2, -0.15) is 4.98 Å². The van der Waals surface area contributed by atoms with E-state index in [1.807, 2.05) is 19.0 Å². The molecule has 190 valence electrons. The molecule has 1 aromatic carbocycles. The Kier molecular flexibility index (Phi) is 7.51. The Morgan fingerprint density at radius 1 is 1.00 bits per heavy atom. The third kappa shape index (κ3) is 6.89. The summed E-state index contributed by atoms with van der Waals surface area (Å²) in [6, 6.07) is 4.90. The van der Waals surface area contributed by atoms with Gasteiger partial charge in [0, 0.05) is 37.4 Å². The molecule has 35 heavy (non-hydrogen) atoms. The van der Waals surface area contributed by atoms with E-state index in [2.05, 4.69) is 20.7 Å². The molecule has 1 saturated carbocycles. The van der Waals surface area contributed by atoms with Gasteiger partial charge in [-0.25, -0.2) is 9.78 Å². The normalized spacial score (nSPS) is 19.9. The average Bonchev–Trinajstić information content (AvgIpc) is 2.80. The number of hydrogen-bond acceptors (Lipinski definition) is 6. The standard InChI is InChI=1S/C24H31F3N6O2/c1-33(2)21-19-5-3-4-6-20(19)31-22(32-21)28-15-7-9-16(10-8-15)29-23(34)30-17-11-13-18(14-12-17)35-24(25,26)27/h11-16H,3-10H2,1-2H3,(H,28,31,32)(H2,29,30,34)/t15-,16+. The van der Waals surface area contributed by atoms with E-state index in [-0.39, 0.29) is 23.9 Å². The fourth-order valence-corrected chi connectivity index (χ4v) is 4.67. The largest absolute Gasteiger partial charge is 0.573 e. The predicted molar refractivity (Wildman–Crippen MR) is 128 cm³/mol. The number of carbonyl (C=O) groups is 1. The first kappa shape index (κ1) is 24.9. The fourth-order valence-electron chi connectivity index (χ4n) is 4.67. The van der Waals surface area contributed by atoms with E-state index < -0.39 is 6.36 Å². The summed E-state index contributed by atoms with van der Waals surface area (Å²) in [6.07, 6.45) is 2.92. The van der Waals surface area contributed by atoms with Crippen LogP contribution in [0.25, 0.3) is 0 Å². The molecule has 1 fully saturated rings. The van der Waals surface area contributed by atoms with Crippen LogP contribution in [0.5, 0.6) is 5.75 Å². The number of nitrogens with zero attached hydrogens (tertiary/aromatic N) is 3. The molecular weight excluding hydrogens is 461 g/mol. The smallest absolute Gasteiger partial charge is 0.406 e. The Morgan fingerprint density at radius 2 is 1.66 bits per heavy atom. The molecule has 0 bridgehead atoms. The third-order valence-corrected chi connectivity index (χ3v) is 6.33. The van der Waals surface area contributed by atoms with E-state index in [1.165, 1.54) is 24.1 Å². The number of aryl methyl sites for hydroxylation is 1. The minimum Gasteiger partial charge on any atom is -0.406 e. The molecule has 8 nitrogen and oxygen atoms in total. The molecule has 4 rings (SSSR count). The lowest BCUT2D eigenvalue weighted by molar-refractivity contribution is -0.274. The van der Waals surface area contributed by atoms with Gasteiger partial charge in [0.15, 0.2) is 0 Å². The van der Waals surface area contributed by atoms with Gasteiger partial charge in [0.2, 0.25) is 5.95 Å². The topological polar surface area (TPSA) is 91.4 Å². The van der Waals surface area contributed by atoms with Crippen LogP contribution in [-0.4, -0.2) is 48.5 Å². The maximum absolute atomic E-state index is 12.3. The summed E-state index contributed by atoms with van der Waals surface area (Å²) in [6.45, 7) is 0. The van der Waals surface area contributed by atoms with Crippen LogP contribution in [-0.2, 0) is 12.8 Å². The summed E-state index contributed by atoms with van der Waals surface area (Å²) >= 11 is 0. The van der Waals surface area contributed by atoms with E-state index >= 15 is 0 Å². The van der Waals surface area contributed by atoms with Crippen LogP contribution in [0.2, 0.25) is 0 Å². The first-order valence-corrected chi connectivity index (χ1v) is 11.9. The third-order valence-electron chi connectivity index (χ3n) is 6.33. The zero-order chi connectivity index (χ0) is 25.0. The highest BCUT2D eigenvalue weighted by molar-refractivity contribution is 5.89. The number of halogens is 3. The lowest BCUT2D eigenvalue weighted by atomic mass is 9.91. The first-order valence-electron chi connectivity index (χ1n) is 11.9. The number of rotatable bonds is 6. The summed E-state index contributed by atoms with van der Waals surface area (Å²) in [7, 11) is 4.02. The molecule has 2 aromatic rings. The highest BCUT2D eigenvalue weighted by Gasteiger charge is 2.31. The van der Waals surface area contributed by atoms with Crippen LogP contribution >= 0.6 is 0 Å². The van der Waals surface area contributed by atoms with Gasteiger partial charge in [-0.05, 0) is 75.6 Å². The molecule has 3 N–H and O–H groups in total. The number of benzene rings is 1. The molecule has 2 aliphatic rings. The van der Waals surface area contributed by atoms with Crippen LogP contribution in [0.1, 0.15) is 49.8 Å². The summed E-state index contributed by atoms with van der Waals surface area (Å²) in [5.74, 6) is 1.32. The number of amides is 2. The molecule has 2 aliphatic carbocycles. The molecule has 0 aliphatic heterocycles. The quantitative estimate of drug-likeness (QED) is 0.533. The van der Waals surface area contributed by atoms with Crippen LogP contribution in [0.4, 0.5) is 35.4 Å². The highest BCUT2D eigenvalue weighted by atomic mass is 19.4. The van der Waals surface area contributed by atoms with Crippen molar-refractivity contribution in [2.24, 2.45) is 0 Å². The molecule has 2 amide bonds. The van der Waals surface area contributed by atoms with Crippen molar-refractivity contribution in [3.8, 4) is 5.75 Å². The molecule has 0 saturated heterocycles. The molecular formula is C24H31F3N6O2. The van der Waals surface area contributed by atoms with Gasteiger partial charge in [-0.3, -0.25) is 0 Å². The molecule has 0 atom stereocenters. The van der Waals surface area contributed by atoms with E-state index in [1.54, 1.807) is 0 Å². The first-order chi connectivity index (χ1) is 16.7. The number of nitrogens with one attached hydrogen (secondary N) is 3. The number of alkyl halides is 3. The van der Waals surface area contributed by atoms with E-state index in [0.29, 0.717) is 11.6 Å². The summed E-state index contributed by atoms with van der Waals surface area (Å²) < 4.78 is 40.6. The molecule has 11 heteroatoms. The minimum absolute atomic E-state index is 0.0164. The van der Waals surface area contributed by atoms with Gasteiger partial charge in [-0.15, -0.1) is 13.2 Å². The number of carbonyl (C=O) groups excluding carboxylic acids is 1. The van der Waals surface area contributed by atoms with Crippen LogP contribution < -0.4 is 25.6 Å². The average molecular weight is 493 g/mol. The minimum atomic E-state index is -4.75. The van der Waals surface area contributed by atoms with E-state index in [0.717, 1.165) is 68.6 Å².